The summed E-state index contributed by atoms with van der Waals surface area (Å²) in [5, 5.41) is 14.6. The van der Waals surface area contributed by atoms with Crippen molar-refractivity contribution in [2.45, 2.75) is 51.5 Å². The second kappa shape index (κ2) is 7.52. The van der Waals surface area contributed by atoms with Crippen molar-refractivity contribution < 1.29 is 14.5 Å². The number of rotatable bonds is 5. The van der Waals surface area contributed by atoms with Crippen LogP contribution in [0.1, 0.15) is 55.8 Å². The largest absolute Gasteiger partial charge is 0.378 e. The van der Waals surface area contributed by atoms with Gasteiger partial charge in [-0.05, 0) is 74.7 Å². The maximum Gasteiger partial charge on any atom is 0.270 e. The van der Waals surface area contributed by atoms with E-state index in [2.05, 4.69) is 17.1 Å². The average molecular weight is 414 g/mol. The number of ether oxygens (including phenoxy) is 1. The van der Waals surface area contributed by atoms with E-state index in [9.17, 15) is 14.9 Å². The van der Waals surface area contributed by atoms with Crippen molar-refractivity contribution in [1.82, 2.24) is 5.32 Å². The van der Waals surface area contributed by atoms with Gasteiger partial charge in [0.05, 0.1) is 29.4 Å². The highest BCUT2D eigenvalue weighted by molar-refractivity contribution is 6.00. The summed E-state index contributed by atoms with van der Waals surface area (Å²) >= 11 is 0. The zero-order chi connectivity index (χ0) is 20.9. The van der Waals surface area contributed by atoms with E-state index in [-0.39, 0.29) is 23.1 Å². The van der Waals surface area contributed by atoms with E-state index in [0.29, 0.717) is 31.9 Å². The van der Waals surface area contributed by atoms with Gasteiger partial charge in [0.2, 0.25) is 0 Å². The third-order valence-corrected chi connectivity index (χ3v) is 8.14. The van der Waals surface area contributed by atoms with Crippen LogP contribution in [0.5, 0.6) is 0 Å². The summed E-state index contributed by atoms with van der Waals surface area (Å²) in [4.78, 5) is 26.4. The van der Waals surface area contributed by atoms with Gasteiger partial charge >= 0.3 is 0 Å². The van der Waals surface area contributed by atoms with Gasteiger partial charge in [0.15, 0.2) is 0 Å². The molecule has 0 spiro atoms. The lowest BCUT2D eigenvalue weighted by Crippen LogP contribution is -2.55. The highest BCUT2D eigenvalue weighted by Crippen LogP contribution is 2.61. The van der Waals surface area contributed by atoms with Crippen molar-refractivity contribution in [3.05, 3.63) is 33.9 Å². The minimum Gasteiger partial charge on any atom is -0.378 e. The van der Waals surface area contributed by atoms with Gasteiger partial charge in [-0.2, -0.15) is 0 Å². The maximum atomic E-state index is 13.4. The molecule has 5 fully saturated rings. The molecule has 7 heteroatoms. The number of hydrogen-bond acceptors (Lipinski definition) is 5. The lowest BCUT2D eigenvalue weighted by molar-refractivity contribution is -0.384. The van der Waals surface area contributed by atoms with Crippen LogP contribution in [0.3, 0.4) is 0 Å². The first-order chi connectivity index (χ1) is 14.4. The molecule has 1 aromatic carbocycles. The summed E-state index contributed by atoms with van der Waals surface area (Å²) in [7, 11) is 0. The van der Waals surface area contributed by atoms with Gasteiger partial charge < -0.3 is 15.0 Å². The predicted octanol–water partition coefficient (Wildman–Crippen LogP) is 3.77. The van der Waals surface area contributed by atoms with E-state index in [1.54, 1.807) is 6.07 Å². The predicted molar refractivity (Wildman–Crippen MR) is 114 cm³/mol. The Bertz CT molecular complexity index is 814. The molecule has 1 heterocycles. The van der Waals surface area contributed by atoms with E-state index in [1.807, 2.05) is 0 Å². The molecule has 0 radical (unpaired) electrons. The Hall–Kier alpha value is -2.15. The second-order valence-corrected chi connectivity index (χ2v) is 10.0. The standard InChI is InChI=1S/C23H31N3O4/c1-15(23-12-16-8-17(13-23)10-18(9-16)14-23)24-22(27)20-11-19(26(28)29)2-3-21(20)25-4-6-30-7-5-25/h2-3,11,15-18H,4-10,12-14H2,1H3,(H,24,27)/t15-,16?,17?,18?,23?/m1/s1. The van der Waals surface area contributed by atoms with Gasteiger partial charge in [-0.3, -0.25) is 14.9 Å². The molecule has 4 bridgehead atoms. The lowest BCUT2D eigenvalue weighted by atomic mass is 9.48. The molecule has 1 aromatic rings. The number of nitrogens with zero attached hydrogens (tertiary/aromatic N) is 2. The molecule has 30 heavy (non-hydrogen) atoms. The molecule has 1 amide bonds. The Morgan fingerprint density at radius 1 is 1.17 bits per heavy atom. The zero-order valence-corrected chi connectivity index (χ0v) is 17.6. The highest BCUT2D eigenvalue weighted by atomic mass is 16.6. The zero-order valence-electron chi connectivity index (χ0n) is 17.6. The van der Waals surface area contributed by atoms with E-state index in [4.69, 9.17) is 4.74 Å². The number of carbonyl (C=O) groups excluding carboxylic acids is 1. The molecule has 4 saturated carbocycles. The summed E-state index contributed by atoms with van der Waals surface area (Å²) in [5.74, 6) is 2.26. The molecular weight excluding hydrogens is 382 g/mol. The fourth-order valence-corrected chi connectivity index (χ4v) is 7.03. The molecule has 6 rings (SSSR count). The van der Waals surface area contributed by atoms with Gasteiger partial charge in [-0.15, -0.1) is 0 Å². The van der Waals surface area contributed by atoms with Crippen LogP contribution in [0, 0.1) is 33.3 Å². The van der Waals surface area contributed by atoms with Crippen LogP contribution >= 0.6 is 0 Å². The number of nitrogens with one attached hydrogen (secondary N) is 1. The van der Waals surface area contributed by atoms with E-state index < -0.39 is 4.92 Å². The number of carbonyl (C=O) groups is 1. The Labute approximate surface area is 177 Å². The molecule has 7 nitrogen and oxygen atoms in total. The van der Waals surface area contributed by atoms with Crippen molar-refractivity contribution in [1.29, 1.82) is 0 Å². The van der Waals surface area contributed by atoms with Gasteiger partial charge in [0.25, 0.3) is 11.6 Å². The van der Waals surface area contributed by atoms with Gasteiger partial charge in [0, 0.05) is 31.3 Å². The molecule has 1 atom stereocenters. The fraction of sp³-hybridized carbons (Fsp3) is 0.696. The molecule has 0 aromatic heterocycles. The van der Waals surface area contributed by atoms with Gasteiger partial charge in [-0.25, -0.2) is 0 Å². The first-order valence-corrected chi connectivity index (χ1v) is 11.4. The minimum atomic E-state index is -0.428. The fourth-order valence-electron chi connectivity index (χ4n) is 7.03. The summed E-state index contributed by atoms with van der Waals surface area (Å²) < 4.78 is 5.44. The number of amides is 1. The van der Waals surface area contributed by atoms with Crippen LogP contribution in [0.15, 0.2) is 18.2 Å². The van der Waals surface area contributed by atoms with E-state index in [1.165, 1.54) is 50.7 Å². The minimum absolute atomic E-state index is 0.0420. The summed E-state index contributed by atoms with van der Waals surface area (Å²) in [6, 6.07) is 4.72. The normalized spacial score (nSPS) is 33.4. The van der Waals surface area contributed by atoms with Crippen molar-refractivity contribution >= 4 is 17.3 Å². The maximum absolute atomic E-state index is 13.4. The number of hydrogen-bond donors (Lipinski definition) is 1. The lowest BCUT2D eigenvalue weighted by Gasteiger charge is -2.59. The Kier molecular flexibility index (Phi) is 4.96. The molecule has 4 aliphatic carbocycles. The summed E-state index contributed by atoms with van der Waals surface area (Å²) in [6.45, 7) is 4.71. The smallest absolute Gasteiger partial charge is 0.270 e. The van der Waals surface area contributed by atoms with Crippen molar-refractivity contribution in [3.63, 3.8) is 0 Å². The van der Waals surface area contributed by atoms with Crippen LogP contribution in [0.2, 0.25) is 0 Å². The quantitative estimate of drug-likeness (QED) is 0.587. The van der Waals surface area contributed by atoms with E-state index >= 15 is 0 Å². The van der Waals surface area contributed by atoms with Crippen LogP contribution in [0.4, 0.5) is 11.4 Å². The van der Waals surface area contributed by atoms with Crippen LogP contribution in [-0.2, 0) is 4.74 Å². The molecule has 1 N–H and O–H groups in total. The van der Waals surface area contributed by atoms with Crippen LogP contribution in [-0.4, -0.2) is 43.2 Å². The Morgan fingerprint density at radius 2 is 1.77 bits per heavy atom. The van der Waals surface area contributed by atoms with Gasteiger partial charge in [0.1, 0.15) is 0 Å². The van der Waals surface area contributed by atoms with E-state index in [0.717, 1.165) is 23.4 Å². The third-order valence-electron chi connectivity index (χ3n) is 8.14. The van der Waals surface area contributed by atoms with Crippen molar-refractivity contribution in [2.24, 2.45) is 23.2 Å². The van der Waals surface area contributed by atoms with Crippen molar-refractivity contribution in [2.75, 3.05) is 31.2 Å². The number of nitro benzene ring substituents is 1. The summed E-state index contributed by atoms with van der Waals surface area (Å²) in [6.07, 6.45) is 7.74. The Balaban J connectivity index is 1.39. The summed E-state index contributed by atoms with van der Waals surface area (Å²) in [5.41, 5.74) is 1.32. The number of nitro groups is 1. The van der Waals surface area contributed by atoms with Crippen LogP contribution < -0.4 is 10.2 Å². The first-order valence-electron chi connectivity index (χ1n) is 11.4. The molecule has 5 aliphatic rings. The molecule has 162 valence electrons. The van der Waals surface area contributed by atoms with Gasteiger partial charge in [-0.1, -0.05) is 0 Å². The number of anilines is 1. The molecule has 1 saturated heterocycles. The Morgan fingerprint density at radius 3 is 2.33 bits per heavy atom. The second-order valence-electron chi connectivity index (χ2n) is 10.0. The highest BCUT2D eigenvalue weighted by Gasteiger charge is 2.53. The third kappa shape index (κ3) is 3.47. The topological polar surface area (TPSA) is 84.7 Å². The average Bonchev–Trinajstić information content (AvgIpc) is 2.73. The number of non-ortho nitro benzene ring substituents is 1. The van der Waals surface area contributed by atoms with Crippen LogP contribution in [0.25, 0.3) is 0 Å². The SMILES string of the molecule is C[C@@H](NC(=O)c1cc([N+](=O)[O-])ccc1N1CCOCC1)C12CC3CC(CC(C3)C1)C2. The van der Waals surface area contributed by atoms with Crippen molar-refractivity contribution in [3.8, 4) is 0 Å². The molecule has 0 unspecified atom stereocenters. The monoisotopic (exact) mass is 413 g/mol. The molecule has 1 aliphatic heterocycles. The number of morpholine rings is 1. The number of benzene rings is 1. The first kappa shape index (κ1) is 19.8. The molecular formula is C23H31N3O4.